The first-order chi connectivity index (χ1) is 14.3. The van der Waals surface area contributed by atoms with Gasteiger partial charge in [-0.15, -0.1) is 0 Å². The average Bonchev–Trinajstić information content (AvgIpc) is 2.68. The third kappa shape index (κ3) is 3.68. The molecule has 2 aromatic heterocycles. The van der Waals surface area contributed by atoms with Crippen molar-refractivity contribution in [2.24, 2.45) is 0 Å². The molecule has 0 bridgehead atoms. The Morgan fingerprint density at radius 1 is 1.20 bits per heavy atom. The molecule has 1 aromatic carbocycles. The van der Waals surface area contributed by atoms with Gasteiger partial charge in [0.25, 0.3) is 5.91 Å². The first kappa shape index (κ1) is 19.7. The number of nitrogens with zero attached hydrogens (tertiary/aromatic N) is 2. The number of ether oxygens (including phenoxy) is 2. The highest BCUT2D eigenvalue weighted by molar-refractivity contribution is 5.97. The van der Waals surface area contributed by atoms with Crippen LogP contribution in [0.5, 0.6) is 11.6 Å². The number of amides is 1. The number of methoxy groups -OCH3 is 1. The van der Waals surface area contributed by atoms with Gasteiger partial charge in [0.2, 0.25) is 5.88 Å². The molecule has 0 unspecified atom stereocenters. The van der Waals surface area contributed by atoms with Crippen LogP contribution in [0.3, 0.4) is 0 Å². The molecular weight excluding hydrogens is 405 g/mol. The highest BCUT2D eigenvalue weighted by Gasteiger charge is 2.36. The standard InChI is InChI=1S/C20H15F3N2O5/c1-28-14-5-2-4-11-8-13(19(27)30-17(11)14)18(26)25-9-12(10-25)29-16-7-3-6-15(24-16)20(21,22)23/h2-8,12H,9-10H2,1H3. The lowest BCUT2D eigenvalue weighted by Crippen LogP contribution is -2.56. The maximum atomic E-state index is 12.7. The Labute approximate surface area is 167 Å². The number of aromatic nitrogens is 1. The Hall–Kier alpha value is -3.56. The molecule has 3 aromatic rings. The molecule has 10 heteroatoms. The zero-order valence-electron chi connectivity index (χ0n) is 15.6. The van der Waals surface area contributed by atoms with E-state index in [4.69, 9.17) is 13.9 Å². The Bertz CT molecular complexity index is 1170. The maximum Gasteiger partial charge on any atom is 0.433 e. The SMILES string of the molecule is COc1cccc2cc(C(=O)N3CC(Oc4cccc(C(F)(F)F)n4)C3)c(=O)oc12. The summed E-state index contributed by atoms with van der Waals surface area (Å²) in [6, 6.07) is 9.79. The van der Waals surface area contributed by atoms with Crippen LogP contribution in [0.2, 0.25) is 0 Å². The van der Waals surface area contributed by atoms with Crippen LogP contribution >= 0.6 is 0 Å². The fourth-order valence-corrected chi connectivity index (χ4v) is 3.09. The van der Waals surface area contributed by atoms with E-state index >= 15 is 0 Å². The van der Waals surface area contributed by atoms with Crippen molar-refractivity contribution in [3.05, 3.63) is 64.1 Å². The van der Waals surface area contributed by atoms with Crippen LogP contribution < -0.4 is 15.1 Å². The van der Waals surface area contributed by atoms with Crippen molar-refractivity contribution in [2.45, 2.75) is 12.3 Å². The van der Waals surface area contributed by atoms with Crippen LogP contribution in [-0.2, 0) is 6.18 Å². The van der Waals surface area contributed by atoms with Crippen LogP contribution in [0.4, 0.5) is 13.2 Å². The summed E-state index contributed by atoms with van der Waals surface area (Å²) in [4.78, 5) is 29.7. The second-order valence-corrected chi connectivity index (χ2v) is 6.63. The molecule has 7 nitrogen and oxygen atoms in total. The van der Waals surface area contributed by atoms with Gasteiger partial charge in [-0.25, -0.2) is 9.78 Å². The number of hydrogen-bond acceptors (Lipinski definition) is 6. The van der Waals surface area contributed by atoms with Gasteiger partial charge < -0.3 is 18.8 Å². The number of benzene rings is 1. The number of carbonyl (C=O) groups excluding carboxylic acids is 1. The summed E-state index contributed by atoms with van der Waals surface area (Å²) in [5.41, 5.74) is -1.77. The quantitative estimate of drug-likeness (QED) is 0.604. The van der Waals surface area contributed by atoms with E-state index in [1.165, 1.54) is 30.2 Å². The smallest absolute Gasteiger partial charge is 0.433 e. The molecule has 4 rings (SSSR count). The summed E-state index contributed by atoms with van der Waals surface area (Å²) in [6.45, 7) is 0.207. The Kier molecular flexibility index (Phi) is 4.84. The number of halogens is 3. The number of carbonyl (C=O) groups is 1. The molecule has 0 aliphatic carbocycles. The lowest BCUT2D eigenvalue weighted by molar-refractivity contribution is -0.141. The minimum absolute atomic E-state index is 0.104. The van der Waals surface area contributed by atoms with Gasteiger partial charge in [-0.1, -0.05) is 18.2 Å². The van der Waals surface area contributed by atoms with Gasteiger partial charge in [-0.3, -0.25) is 4.79 Å². The molecule has 1 saturated heterocycles. The van der Waals surface area contributed by atoms with E-state index in [2.05, 4.69) is 4.98 Å². The summed E-state index contributed by atoms with van der Waals surface area (Å²) in [5, 5.41) is 0.527. The van der Waals surface area contributed by atoms with E-state index in [1.807, 2.05) is 0 Å². The fraction of sp³-hybridized carbons (Fsp3) is 0.250. The maximum absolute atomic E-state index is 12.7. The van der Waals surface area contributed by atoms with Crippen molar-refractivity contribution in [2.75, 3.05) is 20.2 Å². The predicted molar refractivity (Wildman–Crippen MR) is 98.6 cm³/mol. The Balaban J connectivity index is 1.46. The third-order valence-corrected chi connectivity index (χ3v) is 4.61. The third-order valence-electron chi connectivity index (χ3n) is 4.61. The second-order valence-electron chi connectivity index (χ2n) is 6.63. The van der Waals surface area contributed by atoms with E-state index in [9.17, 15) is 22.8 Å². The van der Waals surface area contributed by atoms with Crippen LogP contribution in [0, 0.1) is 0 Å². The van der Waals surface area contributed by atoms with Crippen molar-refractivity contribution in [1.82, 2.24) is 9.88 Å². The van der Waals surface area contributed by atoms with Gasteiger partial charge >= 0.3 is 11.8 Å². The van der Waals surface area contributed by atoms with Gasteiger partial charge in [-0.2, -0.15) is 13.2 Å². The topological polar surface area (TPSA) is 81.9 Å². The molecule has 1 amide bonds. The number of likely N-dealkylation sites (tertiary alicyclic amines) is 1. The molecule has 1 fully saturated rings. The van der Waals surface area contributed by atoms with Crippen LogP contribution in [-0.4, -0.2) is 42.1 Å². The number of pyridine rings is 1. The van der Waals surface area contributed by atoms with Crippen LogP contribution in [0.15, 0.2) is 51.7 Å². The molecule has 1 aliphatic rings. The highest BCUT2D eigenvalue weighted by Crippen LogP contribution is 2.29. The summed E-state index contributed by atoms with van der Waals surface area (Å²) in [5.74, 6) is -0.362. The van der Waals surface area contributed by atoms with Gasteiger partial charge in [0.05, 0.1) is 20.2 Å². The molecule has 156 valence electrons. The molecule has 3 heterocycles. The lowest BCUT2D eigenvalue weighted by atomic mass is 10.1. The first-order valence-corrected chi connectivity index (χ1v) is 8.87. The van der Waals surface area contributed by atoms with Crippen molar-refractivity contribution in [3.63, 3.8) is 0 Å². The molecular formula is C20H15F3N2O5. The monoisotopic (exact) mass is 420 g/mol. The van der Waals surface area contributed by atoms with E-state index in [-0.39, 0.29) is 30.1 Å². The Morgan fingerprint density at radius 2 is 1.93 bits per heavy atom. The van der Waals surface area contributed by atoms with Crippen molar-refractivity contribution in [3.8, 4) is 11.6 Å². The van der Waals surface area contributed by atoms with E-state index in [0.717, 1.165) is 6.07 Å². The molecule has 1 aliphatic heterocycles. The number of fused-ring (bicyclic) bond motifs is 1. The number of para-hydroxylation sites is 1. The minimum Gasteiger partial charge on any atom is -0.493 e. The summed E-state index contributed by atoms with van der Waals surface area (Å²) < 4.78 is 54.0. The van der Waals surface area contributed by atoms with Crippen LogP contribution in [0.1, 0.15) is 16.1 Å². The number of rotatable bonds is 4. The van der Waals surface area contributed by atoms with Gasteiger partial charge in [0.1, 0.15) is 17.4 Å². The first-order valence-electron chi connectivity index (χ1n) is 8.87. The Morgan fingerprint density at radius 3 is 2.63 bits per heavy atom. The van der Waals surface area contributed by atoms with Gasteiger partial charge in [0.15, 0.2) is 11.3 Å². The molecule has 0 spiro atoms. The van der Waals surface area contributed by atoms with Crippen molar-refractivity contribution < 1.29 is 31.9 Å². The number of hydrogen-bond donors (Lipinski definition) is 0. The fourth-order valence-electron chi connectivity index (χ4n) is 3.09. The molecule has 0 N–H and O–H groups in total. The summed E-state index contributed by atoms with van der Waals surface area (Å²) >= 11 is 0. The summed E-state index contributed by atoms with van der Waals surface area (Å²) in [7, 11) is 1.44. The van der Waals surface area contributed by atoms with Crippen molar-refractivity contribution >= 4 is 16.9 Å². The minimum atomic E-state index is -4.58. The van der Waals surface area contributed by atoms with E-state index in [0.29, 0.717) is 11.1 Å². The second kappa shape index (κ2) is 7.36. The average molecular weight is 420 g/mol. The largest absolute Gasteiger partial charge is 0.493 e. The zero-order valence-corrected chi connectivity index (χ0v) is 15.6. The normalized spacial score (nSPS) is 14.5. The highest BCUT2D eigenvalue weighted by atomic mass is 19.4. The molecule has 0 radical (unpaired) electrons. The molecule has 30 heavy (non-hydrogen) atoms. The predicted octanol–water partition coefficient (Wildman–Crippen LogP) is 3.12. The number of alkyl halides is 3. The molecule has 0 saturated carbocycles. The van der Waals surface area contributed by atoms with Crippen LogP contribution in [0.25, 0.3) is 11.0 Å². The molecule has 0 atom stereocenters. The van der Waals surface area contributed by atoms with Crippen molar-refractivity contribution in [1.29, 1.82) is 0 Å². The van der Waals surface area contributed by atoms with E-state index in [1.54, 1.807) is 18.2 Å². The van der Waals surface area contributed by atoms with Gasteiger partial charge in [0, 0.05) is 11.5 Å². The lowest BCUT2D eigenvalue weighted by Gasteiger charge is -2.38. The zero-order chi connectivity index (χ0) is 21.5. The van der Waals surface area contributed by atoms with Gasteiger partial charge in [-0.05, 0) is 18.2 Å². The van der Waals surface area contributed by atoms with E-state index < -0.39 is 29.5 Å². The summed E-state index contributed by atoms with van der Waals surface area (Å²) in [6.07, 6.45) is -5.11.